The fraction of sp³-hybridized carbons (Fsp3) is 0.125. The van der Waals surface area contributed by atoms with Crippen LogP contribution >= 0.6 is 12.2 Å². The predicted octanol–water partition coefficient (Wildman–Crippen LogP) is 3.46. The van der Waals surface area contributed by atoms with Gasteiger partial charge in [0.2, 0.25) is 0 Å². The van der Waals surface area contributed by atoms with E-state index in [0.29, 0.717) is 16.2 Å². The number of benzene rings is 2. The average molecular weight is 286 g/mol. The normalized spacial score (nSPS) is 9.90. The minimum atomic E-state index is -0.399. The topological polar surface area (TPSA) is 35.5 Å². The van der Waals surface area contributed by atoms with Gasteiger partial charge < -0.3 is 9.47 Å². The quantitative estimate of drug-likeness (QED) is 0.639. The van der Waals surface area contributed by atoms with Crippen LogP contribution in [0.4, 0.5) is 0 Å². The van der Waals surface area contributed by atoms with Gasteiger partial charge in [0.15, 0.2) is 5.05 Å². The van der Waals surface area contributed by atoms with Crippen LogP contribution in [0, 0.1) is 0 Å². The minimum absolute atomic E-state index is 0.342. The molecule has 0 atom stereocenters. The van der Waals surface area contributed by atoms with E-state index in [1.807, 2.05) is 42.5 Å². The maximum atomic E-state index is 12.0. The summed E-state index contributed by atoms with van der Waals surface area (Å²) in [6.07, 6.45) is 0. The molecule has 2 rings (SSSR count). The summed E-state index contributed by atoms with van der Waals surface area (Å²) in [5.74, 6) is -0.399. The average Bonchev–Trinajstić information content (AvgIpc) is 2.53. The van der Waals surface area contributed by atoms with Gasteiger partial charge in [0.25, 0.3) is 0 Å². The van der Waals surface area contributed by atoms with Crippen molar-refractivity contribution in [2.24, 2.45) is 0 Å². The van der Waals surface area contributed by atoms with Crippen LogP contribution in [0.3, 0.4) is 0 Å². The molecular weight excluding hydrogens is 272 g/mol. The third kappa shape index (κ3) is 2.86. The third-order valence-corrected chi connectivity index (χ3v) is 3.33. The molecule has 0 bridgehead atoms. The molecule has 0 unspecified atom stereocenters. The zero-order chi connectivity index (χ0) is 14.5. The fourth-order valence-electron chi connectivity index (χ4n) is 1.94. The molecule has 0 heterocycles. The molecule has 4 heteroatoms. The monoisotopic (exact) mass is 286 g/mol. The molecular formula is C16H14O3S. The highest BCUT2D eigenvalue weighted by Crippen LogP contribution is 2.25. The van der Waals surface area contributed by atoms with Crippen LogP contribution < -0.4 is 0 Å². The molecule has 0 saturated heterocycles. The first-order chi connectivity index (χ1) is 9.67. The van der Waals surface area contributed by atoms with E-state index < -0.39 is 5.97 Å². The van der Waals surface area contributed by atoms with Gasteiger partial charge in [0.1, 0.15) is 0 Å². The number of carbonyl (C=O) groups excluding carboxylic acids is 1. The highest BCUT2D eigenvalue weighted by Gasteiger charge is 2.15. The second kappa shape index (κ2) is 6.30. The molecule has 0 radical (unpaired) electrons. The zero-order valence-corrected chi connectivity index (χ0v) is 12.1. The predicted molar refractivity (Wildman–Crippen MR) is 81.9 cm³/mol. The molecule has 0 aliphatic heterocycles. The number of rotatable bonds is 3. The molecule has 0 saturated carbocycles. The van der Waals surface area contributed by atoms with Gasteiger partial charge in [-0.25, -0.2) is 4.79 Å². The maximum absolute atomic E-state index is 12.0. The van der Waals surface area contributed by atoms with Gasteiger partial charge in [0, 0.05) is 5.56 Å². The van der Waals surface area contributed by atoms with Crippen LogP contribution in [0.2, 0.25) is 0 Å². The Bertz CT molecular complexity index is 635. The lowest BCUT2D eigenvalue weighted by atomic mass is 9.97. The summed E-state index contributed by atoms with van der Waals surface area (Å²) in [5.41, 5.74) is 2.90. The Balaban J connectivity index is 2.57. The van der Waals surface area contributed by atoms with Crippen molar-refractivity contribution in [3.8, 4) is 11.1 Å². The van der Waals surface area contributed by atoms with Crippen molar-refractivity contribution in [1.29, 1.82) is 0 Å². The first-order valence-corrected chi connectivity index (χ1v) is 6.44. The van der Waals surface area contributed by atoms with Crippen molar-refractivity contribution in [2.45, 2.75) is 0 Å². The Morgan fingerprint density at radius 2 is 1.70 bits per heavy atom. The SMILES string of the molecule is COC(=O)c1cc(C(=S)OC)ccc1-c1ccccc1. The van der Waals surface area contributed by atoms with E-state index in [2.05, 4.69) is 0 Å². The fourth-order valence-corrected chi connectivity index (χ4v) is 2.06. The van der Waals surface area contributed by atoms with Crippen molar-refractivity contribution in [1.82, 2.24) is 0 Å². The molecule has 102 valence electrons. The summed E-state index contributed by atoms with van der Waals surface area (Å²) < 4.78 is 9.87. The van der Waals surface area contributed by atoms with Crippen molar-refractivity contribution in [3.63, 3.8) is 0 Å². The number of hydrogen-bond donors (Lipinski definition) is 0. The lowest BCUT2D eigenvalue weighted by Crippen LogP contribution is -2.07. The Morgan fingerprint density at radius 1 is 1.00 bits per heavy atom. The minimum Gasteiger partial charge on any atom is -0.486 e. The van der Waals surface area contributed by atoms with E-state index in [1.54, 1.807) is 6.07 Å². The van der Waals surface area contributed by atoms with E-state index in [1.165, 1.54) is 14.2 Å². The molecule has 2 aromatic carbocycles. The van der Waals surface area contributed by atoms with Crippen LogP contribution in [0.15, 0.2) is 48.5 Å². The molecule has 0 aliphatic carbocycles. The summed E-state index contributed by atoms with van der Waals surface area (Å²) in [7, 11) is 2.86. The number of hydrogen-bond acceptors (Lipinski definition) is 4. The number of carbonyl (C=O) groups is 1. The molecule has 20 heavy (non-hydrogen) atoms. The van der Waals surface area contributed by atoms with Crippen molar-refractivity contribution in [3.05, 3.63) is 59.7 Å². The lowest BCUT2D eigenvalue weighted by Gasteiger charge is -2.11. The summed E-state index contributed by atoms with van der Waals surface area (Å²) in [6, 6.07) is 15.0. The largest absolute Gasteiger partial charge is 0.486 e. The molecule has 2 aromatic rings. The highest BCUT2D eigenvalue weighted by molar-refractivity contribution is 7.80. The molecule has 0 amide bonds. The Labute approximate surface area is 123 Å². The first kappa shape index (κ1) is 14.2. The van der Waals surface area contributed by atoms with E-state index in [-0.39, 0.29) is 0 Å². The van der Waals surface area contributed by atoms with Gasteiger partial charge >= 0.3 is 5.97 Å². The molecule has 0 N–H and O–H groups in total. The van der Waals surface area contributed by atoms with Gasteiger partial charge in [-0.2, -0.15) is 0 Å². The van der Waals surface area contributed by atoms with Gasteiger partial charge in [-0.1, -0.05) is 36.4 Å². The van der Waals surface area contributed by atoms with Crippen LogP contribution in [0.5, 0.6) is 0 Å². The number of thiocarbonyl (C=S) groups is 1. The Kier molecular flexibility index (Phi) is 4.48. The molecule has 0 spiro atoms. The Morgan fingerprint density at radius 3 is 2.30 bits per heavy atom. The van der Waals surface area contributed by atoms with E-state index >= 15 is 0 Å². The molecule has 3 nitrogen and oxygen atoms in total. The van der Waals surface area contributed by atoms with Crippen LogP contribution in [0.1, 0.15) is 15.9 Å². The van der Waals surface area contributed by atoms with Gasteiger partial charge in [-0.3, -0.25) is 0 Å². The van der Waals surface area contributed by atoms with Gasteiger partial charge in [-0.05, 0) is 35.5 Å². The summed E-state index contributed by atoms with van der Waals surface area (Å²) in [6.45, 7) is 0. The van der Waals surface area contributed by atoms with Crippen molar-refractivity contribution >= 4 is 23.2 Å². The van der Waals surface area contributed by atoms with Crippen molar-refractivity contribution in [2.75, 3.05) is 14.2 Å². The number of methoxy groups -OCH3 is 2. The molecule has 0 fully saturated rings. The Hall–Kier alpha value is -2.20. The van der Waals surface area contributed by atoms with Crippen LogP contribution in [-0.2, 0) is 9.47 Å². The van der Waals surface area contributed by atoms with Gasteiger partial charge in [-0.15, -0.1) is 0 Å². The molecule has 0 aliphatic rings. The molecule has 0 aromatic heterocycles. The maximum Gasteiger partial charge on any atom is 0.338 e. The second-order valence-electron chi connectivity index (χ2n) is 4.11. The van der Waals surface area contributed by atoms with Crippen LogP contribution in [0.25, 0.3) is 11.1 Å². The van der Waals surface area contributed by atoms with E-state index in [4.69, 9.17) is 21.7 Å². The highest BCUT2D eigenvalue weighted by atomic mass is 32.1. The van der Waals surface area contributed by atoms with Crippen molar-refractivity contribution < 1.29 is 14.3 Å². The second-order valence-corrected chi connectivity index (χ2v) is 4.48. The number of ether oxygens (including phenoxy) is 2. The first-order valence-electron chi connectivity index (χ1n) is 6.03. The summed E-state index contributed by atoms with van der Waals surface area (Å²) >= 11 is 5.09. The zero-order valence-electron chi connectivity index (χ0n) is 11.3. The van der Waals surface area contributed by atoms with Crippen LogP contribution in [-0.4, -0.2) is 25.2 Å². The third-order valence-electron chi connectivity index (χ3n) is 2.93. The van der Waals surface area contributed by atoms with E-state index in [9.17, 15) is 4.79 Å². The van der Waals surface area contributed by atoms with E-state index in [0.717, 1.165) is 11.1 Å². The number of esters is 1. The standard InChI is InChI=1S/C16H14O3S/c1-18-15(17)14-10-12(16(20)19-2)8-9-13(14)11-6-4-3-5-7-11/h3-10H,1-2H3. The lowest BCUT2D eigenvalue weighted by molar-refractivity contribution is 0.0601. The van der Waals surface area contributed by atoms with Gasteiger partial charge in [0.05, 0.1) is 19.8 Å². The summed E-state index contributed by atoms with van der Waals surface area (Å²) in [4.78, 5) is 12.0. The summed E-state index contributed by atoms with van der Waals surface area (Å²) in [5, 5.41) is 0.342. The smallest absolute Gasteiger partial charge is 0.338 e.